The van der Waals surface area contributed by atoms with Crippen molar-refractivity contribution in [3.63, 3.8) is 0 Å². The predicted octanol–water partition coefficient (Wildman–Crippen LogP) is 4.30. The third-order valence-electron chi connectivity index (χ3n) is 8.15. The fourth-order valence-electron chi connectivity index (χ4n) is 5.72. The summed E-state index contributed by atoms with van der Waals surface area (Å²) in [6, 6.07) is 6.05. The van der Waals surface area contributed by atoms with Crippen LogP contribution < -0.4 is 0 Å². The van der Waals surface area contributed by atoms with E-state index in [1.54, 1.807) is 4.90 Å². The molecule has 0 aromatic heterocycles. The van der Waals surface area contributed by atoms with E-state index in [9.17, 15) is 53.8 Å². The molecule has 1 saturated heterocycles. The standard InChI is InChI=1S/C27H27F7N2O5S/c1-17(37)35-12-14-36(15-13-35)23(38)18-10-11-24(16-18,42(40,41)22-8-6-21(28)7-9-22)19-2-4-20(5-3-19)25(39,26(29,30)31)27(32,33)34/h2-9,18,39H,10-16H2,1H3/t18-,24-/m0/s1. The number of halogens is 7. The van der Waals surface area contributed by atoms with Crippen LogP contribution >= 0.6 is 0 Å². The van der Waals surface area contributed by atoms with Crippen LogP contribution in [0.3, 0.4) is 0 Å². The van der Waals surface area contributed by atoms with Gasteiger partial charge in [-0.15, -0.1) is 0 Å². The molecular weight excluding hydrogens is 597 g/mol. The highest BCUT2D eigenvalue weighted by Gasteiger charge is 2.71. The number of benzene rings is 2. The summed E-state index contributed by atoms with van der Waals surface area (Å²) in [7, 11) is -4.49. The lowest BCUT2D eigenvalue weighted by Crippen LogP contribution is -2.53. The lowest BCUT2D eigenvalue weighted by atomic mass is 9.88. The highest BCUT2D eigenvalue weighted by molar-refractivity contribution is 7.92. The summed E-state index contributed by atoms with van der Waals surface area (Å²) in [5, 5.41) is 9.77. The molecule has 230 valence electrons. The van der Waals surface area contributed by atoms with E-state index >= 15 is 0 Å². The second-order valence-corrected chi connectivity index (χ2v) is 12.8. The second kappa shape index (κ2) is 10.8. The summed E-state index contributed by atoms with van der Waals surface area (Å²) in [4.78, 5) is 27.7. The smallest absolute Gasteiger partial charge is 0.369 e. The van der Waals surface area contributed by atoms with Crippen LogP contribution in [0.15, 0.2) is 53.4 Å². The van der Waals surface area contributed by atoms with Crippen molar-refractivity contribution in [2.75, 3.05) is 26.2 Å². The van der Waals surface area contributed by atoms with E-state index in [4.69, 9.17) is 0 Å². The molecule has 2 atom stereocenters. The highest BCUT2D eigenvalue weighted by atomic mass is 32.2. The molecule has 4 rings (SSSR count). The molecule has 2 amide bonds. The Kier molecular flexibility index (Phi) is 8.17. The topological polar surface area (TPSA) is 95.0 Å². The molecule has 0 unspecified atom stereocenters. The van der Waals surface area contributed by atoms with E-state index in [2.05, 4.69) is 0 Å². The monoisotopic (exact) mass is 624 g/mol. The molecule has 2 aliphatic rings. The van der Waals surface area contributed by atoms with E-state index in [-0.39, 0.29) is 61.8 Å². The van der Waals surface area contributed by atoms with Crippen LogP contribution in [-0.2, 0) is 29.8 Å². The van der Waals surface area contributed by atoms with Gasteiger partial charge in [0, 0.05) is 44.6 Å². The third kappa shape index (κ3) is 5.25. The lowest BCUT2D eigenvalue weighted by molar-refractivity contribution is -0.376. The number of nitrogens with zero attached hydrogens (tertiary/aromatic N) is 2. The summed E-state index contributed by atoms with van der Waals surface area (Å²) < 4.78 is 120. The number of sulfone groups is 1. The van der Waals surface area contributed by atoms with Crippen molar-refractivity contribution in [2.24, 2.45) is 5.92 Å². The summed E-state index contributed by atoms with van der Waals surface area (Å²) in [5.41, 5.74) is -6.95. The lowest BCUT2D eigenvalue weighted by Gasteiger charge is -2.36. The van der Waals surface area contributed by atoms with Crippen LogP contribution in [0.4, 0.5) is 30.7 Å². The van der Waals surface area contributed by atoms with Gasteiger partial charge >= 0.3 is 12.4 Å². The molecular formula is C27H27F7N2O5S. The number of alkyl halides is 6. The Morgan fingerprint density at radius 3 is 1.83 bits per heavy atom. The molecule has 42 heavy (non-hydrogen) atoms. The first kappa shape index (κ1) is 31.7. The molecule has 1 N–H and O–H groups in total. The Hall–Kier alpha value is -3.20. The Morgan fingerprint density at radius 1 is 0.857 bits per heavy atom. The van der Waals surface area contributed by atoms with Gasteiger partial charge in [0.1, 0.15) is 10.6 Å². The fraction of sp³-hybridized carbons (Fsp3) is 0.481. The molecule has 15 heteroatoms. The summed E-state index contributed by atoms with van der Waals surface area (Å²) in [6.45, 7) is 2.34. The average molecular weight is 625 g/mol. The van der Waals surface area contributed by atoms with Crippen molar-refractivity contribution in [1.82, 2.24) is 9.80 Å². The number of hydrogen-bond donors (Lipinski definition) is 1. The van der Waals surface area contributed by atoms with Gasteiger partial charge in [0.15, 0.2) is 9.84 Å². The van der Waals surface area contributed by atoms with E-state index in [0.29, 0.717) is 12.1 Å². The van der Waals surface area contributed by atoms with Gasteiger partial charge in [-0.3, -0.25) is 9.59 Å². The highest BCUT2D eigenvalue weighted by Crippen LogP contribution is 2.53. The number of piperazine rings is 1. The van der Waals surface area contributed by atoms with Crippen molar-refractivity contribution in [3.05, 3.63) is 65.5 Å². The van der Waals surface area contributed by atoms with Crippen LogP contribution in [0.25, 0.3) is 0 Å². The molecule has 1 aliphatic heterocycles. The number of aliphatic hydroxyl groups is 1. The molecule has 1 heterocycles. The van der Waals surface area contributed by atoms with Crippen molar-refractivity contribution in [1.29, 1.82) is 0 Å². The zero-order valence-electron chi connectivity index (χ0n) is 22.2. The van der Waals surface area contributed by atoms with Gasteiger partial charge in [0.05, 0.1) is 4.90 Å². The Labute approximate surface area is 236 Å². The van der Waals surface area contributed by atoms with E-state index in [0.717, 1.165) is 36.4 Å². The van der Waals surface area contributed by atoms with Crippen LogP contribution in [0.5, 0.6) is 0 Å². The Morgan fingerprint density at radius 2 is 1.36 bits per heavy atom. The van der Waals surface area contributed by atoms with Crippen molar-refractivity contribution >= 4 is 21.7 Å². The molecule has 2 aromatic carbocycles. The van der Waals surface area contributed by atoms with Gasteiger partial charge in [-0.1, -0.05) is 24.3 Å². The van der Waals surface area contributed by atoms with Gasteiger partial charge in [0.2, 0.25) is 11.8 Å². The normalized spacial score (nSPS) is 22.4. The van der Waals surface area contributed by atoms with Crippen LogP contribution in [0, 0.1) is 11.7 Å². The summed E-state index contributed by atoms with van der Waals surface area (Å²) in [6.07, 6.45) is -12.8. The van der Waals surface area contributed by atoms with Crippen LogP contribution in [-0.4, -0.2) is 73.7 Å². The molecule has 7 nitrogen and oxygen atoms in total. The van der Waals surface area contributed by atoms with Crippen molar-refractivity contribution in [3.8, 4) is 0 Å². The minimum Gasteiger partial charge on any atom is -0.369 e. The molecule has 0 bridgehead atoms. The van der Waals surface area contributed by atoms with Crippen molar-refractivity contribution < 1.29 is 53.8 Å². The molecule has 0 radical (unpaired) electrons. The molecule has 1 aliphatic carbocycles. The van der Waals surface area contributed by atoms with Crippen LogP contribution in [0.2, 0.25) is 0 Å². The first-order valence-corrected chi connectivity index (χ1v) is 14.3. The SMILES string of the molecule is CC(=O)N1CCN(C(=O)[C@H]2CC[C@](c3ccc(C(O)(C(F)(F)F)C(F)(F)F)cc3)(S(=O)(=O)c3ccc(F)cc3)C2)CC1. The van der Waals surface area contributed by atoms with Gasteiger partial charge in [-0.05, 0) is 49.1 Å². The van der Waals surface area contributed by atoms with Gasteiger partial charge in [0.25, 0.3) is 5.60 Å². The number of carbonyl (C=O) groups excluding carboxylic acids is 2. The largest absolute Gasteiger partial charge is 0.430 e. The minimum atomic E-state index is -6.14. The number of carbonyl (C=O) groups is 2. The maximum atomic E-state index is 14.0. The quantitative estimate of drug-likeness (QED) is 0.396. The van der Waals surface area contributed by atoms with Gasteiger partial charge < -0.3 is 14.9 Å². The fourth-order valence-corrected chi connectivity index (χ4v) is 7.92. The molecule has 2 aromatic rings. The van der Waals surface area contributed by atoms with E-state index in [1.165, 1.54) is 11.8 Å². The number of amides is 2. The Balaban J connectivity index is 1.74. The summed E-state index contributed by atoms with van der Waals surface area (Å²) >= 11 is 0. The van der Waals surface area contributed by atoms with Gasteiger partial charge in [-0.25, -0.2) is 12.8 Å². The van der Waals surface area contributed by atoms with Gasteiger partial charge in [-0.2, -0.15) is 26.3 Å². The maximum Gasteiger partial charge on any atom is 0.430 e. The second-order valence-electron chi connectivity index (χ2n) is 10.5. The van der Waals surface area contributed by atoms with E-state index in [1.807, 2.05) is 0 Å². The predicted molar refractivity (Wildman–Crippen MR) is 134 cm³/mol. The zero-order chi connectivity index (χ0) is 31.3. The molecule has 0 spiro atoms. The third-order valence-corrected chi connectivity index (χ3v) is 10.7. The Bertz CT molecular complexity index is 1420. The number of hydrogen-bond acceptors (Lipinski definition) is 5. The average Bonchev–Trinajstić information content (AvgIpc) is 3.39. The molecule has 2 fully saturated rings. The number of rotatable bonds is 5. The first-order chi connectivity index (χ1) is 19.3. The van der Waals surface area contributed by atoms with E-state index < -0.39 is 55.7 Å². The summed E-state index contributed by atoms with van der Waals surface area (Å²) in [5.74, 6) is -2.17. The van der Waals surface area contributed by atoms with Crippen molar-refractivity contribution in [2.45, 2.75) is 53.8 Å². The first-order valence-electron chi connectivity index (χ1n) is 12.9. The minimum absolute atomic E-state index is 0.0307. The molecule has 1 saturated carbocycles. The zero-order valence-corrected chi connectivity index (χ0v) is 23.0. The van der Waals surface area contributed by atoms with Crippen LogP contribution in [0.1, 0.15) is 37.3 Å². The maximum absolute atomic E-state index is 14.0.